The second kappa shape index (κ2) is 5.41. The molecule has 1 rings (SSSR count). The quantitative estimate of drug-likeness (QED) is 0.728. The van der Waals surface area contributed by atoms with Crippen LogP contribution in [0, 0.1) is 11.3 Å². The van der Waals surface area contributed by atoms with E-state index in [0.29, 0.717) is 6.42 Å². The highest BCUT2D eigenvalue weighted by Crippen LogP contribution is 2.08. The molecule has 2 heteroatoms. The Kier molecular flexibility index (Phi) is 4.15. The second-order valence-electron chi connectivity index (χ2n) is 3.40. The monoisotopic (exact) mass is 189 g/mol. The van der Waals surface area contributed by atoms with Crippen molar-refractivity contribution in [1.29, 1.82) is 5.26 Å². The van der Waals surface area contributed by atoms with Crippen molar-refractivity contribution in [2.24, 2.45) is 0 Å². The van der Waals surface area contributed by atoms with Gasteiger partial charge >= 0.3 is 0 Å². The van der Waals surface area contributed by atoms with Crippen LogP contribution < -0.4 is 0 Å². The molecule has 1 aromatic carbocycles. The van der Waals surface area contributed by atoms with Crippen molar-refractivity contribution < 1.29 is 4.74 Å². The molecule has 0 aliphatic heterocycles. The summed E-state index contributed by atoms with van der Waals surface area (Å²) >= 11 is 0. The molecule has 0 bridgehead atoms. The summed E-state index contributed by atoms with van der Waals surface area (Å²) < 4.78 is 5.18. The fraction of sp³-hybridized carbons (Fsp3) is 0.417. The lowest BCUT2D eigenvalue weighted by atomic mass is 10.1. The standard InChI is InChI=1S/C12H15NO/c1-10(14-2)9-12-5-3-11(4-6-12)7-8-13/h3-6,10H,7,9H2,1-2H3. The first-order valence-electron chi connectivity index (χ1n) is 4.74. The van der Waals surface area contributed by atoms with Gasteiger partial charge in [-0.25, -0.2) is 0 Å². The minimum Gasteiger partial charge on any atom is -0.381 e. The predicted octanol–water partition coefficient (Wildman–Crippen LogP) is 2.33. The van der Waals surface area contributed by atoms with Gasteiger partial charge in [-0.1, -0.05) is 24.3 Å². The van der Waals surface area contributed by atoms with E-state index in [0.717, 1.165) is 12.0 Å². The van der Waals surface area contributed by atoms with Crippen molar-refractivity contribution in [3.05, 3.63) is 35.4 Å². The molecule has 0 saturated heterocycles. The molecular formula is C12H15NO. The third-order valence-electron chi connectivity index (χ3n) is 2.23. The van der Waals surface area contributed by atoms with Gasteiger partial charge in [0.1, 0.15) is 0 Å². The highest BCUT2D eigenvalue weighted by Gasteiger charge is 2.01. The molecule has 1 atom stereocenters. The molecule has 0 amide bonds. The highest BCUT2D eigenvalue weighted by atomic mass is 16.5. The van der Waals surface area contributed by atoms with Gasteiger partial charge in [0.2, 0.25) is 0 Å². The van der Waals surface area contributed by atoms with Crippen LogP contribution in [0.2, 0.25) is 0 Å². The zero-order valence-corrected chi connectivity index (χ0v) is 8.66. The van der Waals surface area contributed by atoms with Crippen molar-refractivity contribution in [3.8, 4) is 6.07 Å². The maximum Gasteiger partial charge on any atom is 0.0669 e. The minimum atomic E-state index is 0.247. The third-order valence-corrected chi connectivity index (χ3v) is 2.23. The number of methoxy groups -OCH3 is 1. The van der Waals surface area contributed by atoms with E-state index in [1.54, 1.807) is 7.11 Å². The highest BCUT2D eigenvalue weighted by molar-refractivity contribution is 5.24. The summed E-state index contributed by atoms with van der Waals surface area (Å²) in [6.07, 6.45) is 1.65. The van der Waals surface area contributed by atoms with E-state index in [4.69, 9.17) is 10.00 Å². The fourth-order valence-electron chi connectivity index (χ4n) is 1.30. The van der Waals surface area contributed by atoms with Crippen LogP contribution in [0.5, 0.6) is 0 Å². The van der Waals surface area contributed by atoms with Gasteiger partial charge in [0, 0.05) is 7.11 Å². The summed E-state index contributed by atoms with van der Waals surface area (Å²) in [5.41, 5.74) is 2.32. The van der Waals surface area contributed by atoms with E-state index < -0.39 is 0 Å². The van der Waals surface area contributed by atoms with Gasteiger partial charge in [0.25, 0.3) is 0 Å². The molecule has 0 aliphatic carbocycles. The van der Waals surface area contributed by atoms with E-state index in [2.05, 4.69) is 18.2 Å². The Morgan fingerprint density at radius 3 is 2.36 bits per heavy atom. The van der Waals surface area contributed by atoms with E-state index in [1.165, 1.54) is 5.56 Å². The van der Waals surface area contributed by atoms with E-state index in [-0.39, 0.29) is 6.10 Å². The summed E-state index contributed by atoms with van der Waals surface area (Å²) in [5, 5.41) is 8.50. The number of nitrogens with zero attached hydrogens (tertiary/aromatic N) is 1. The minimum absolute atomic E-state index is 0.247. The Morgan fingerprint density at radius 1 is 1.29 bits per heavy atom. The molecule has 0 saturated carbocycles. The van der Waals surface area contributed by atoms with Gasteiger partial charge in [0.05, 0.1) is 18.6 Å². The van der Waals surface area contributed by atoms with Crippen molar-refractivity contribution in [2.45, 2.75) is 25.9 Å². The van der Waals surface area contributed by atoms with Gasteiger partial charge < -0.3 is 4.74 Å². The Balaban J connectivity index is 2.60. The molecule has 1 aromatic rings. The van der Waals surface area contributed by atoms with Gasteiger partial charge in [-0.15, -0.1) is 0 Å². The van der Waals surface area contributed by atoms with Crippen molar-refractivity contribution >= 4 is 0 Å². The summed E-state index contributed by atoms with van der Waals surface area (Å²) in [6, 6.07) is 10.2. The maximum absolute atomic E-state index is 8.50. The molecule has 0 aromatic heterocycles. The Labute approximate surface area is 85.1 Å². The van der Waals surface area contributed by atoms with Gasteiger partial charge in [-0.05, 0) is 24.5 Å². The first-order valence-corrected chi connectivity index (χ1v) is 4.74. The number of hydrogen-bond donors (Lipinski definition) is 0. The summed E-state index contributed by atoms with van der Waals surface area (Å²) in [7, 11) is 1.72. The summed E-state index contributed by atoms with van der Waals surface area (Å²) in [5.74, 6) is 0. The number of benzene rings is 1. The SMILES string of the molecule is COC(C)Cc1ccc(CC#N)cc1. The number of nitriles is 1. The van der Waals surface area contributed by atoms with Crippen LogP contribution in [0.15, 0.2) is 24.3 Å². The van der Waals surface area contributed by atoms with Crippen LogP contribution in [-0.4, -0.2) is 13.2 Å². The molecule has 74 valence electrons. The number of rotatable bonds is 4. The first-order chi connectivity index (χ1) is 6.76. The van der Waals surface area contributed by atoms with Crippen molar-refractivity contribution in [3.63, 3.8) is 0 Å². The Hall–Kier alpha value is -1.33. The molecule has 0 spiro atoms. The molecule has 0 radical (unpaired) electrons. The predicted molar refractivity (Wildman–Crippen MR) is 55.9 cm³/mol. The largest absolute Gasteiger partial charge is 0.381 e. The number of ether oxygens (including phenoxy) is 1. The average molecular weight is 189 g/mol. The lowest BCUT2D eigenvalue weighted by Gasteiger charge is -2.09. The molecule has 0 heterocycles. The normalized spacial score (nSPS) is 12.1. The van der Waals surface area contributed by atoms with E-state index in [1.807, 2.05) is 19.1 Å². The van der Waals surface area contributed by atoms with Crippen LogP contribution in [0.1, 0.15) is 18.1 Å². The lowest BCUT2D eigenvalue weighted by molar-refractivity contribution is 0.119. The lowest BCUT2D eigenvalue weighted by Crippen LogP contribution is -2.08. The van der Waals surface area contributed by atoms with Crippen molar-refractivity contribution in [1.82, 2.24) is 0 Å². The molecule has 1 unspecified atom stereocenters. The summed E-state index contributed by atoms with van der Waals surface area (Å²) in [6.45, 7) is 2.04. The van der Waals surface area contributed by atoms with Crippen LogP contribution in [0.25, 0.3) is 0 Å². The smallest absolute Gasteiger partial charge is 0.0669 e. The zero-order chi connectivity index (χ0) is 10.4. The van der Waals surface area contributed by atoms with Crippen LogP contribution in [0.3, 0.4) is 0 Å². The van der Waals surface area contributed by atoms with E-state index >= 15 is 0 Å². The molecule has 0 N–H and O–H groups in total. The molecule has 0 aliphatic rings. The molecule has 0 fully saturated rings. The fourth-order valence-corrected chi connectivity index (χ4v) is 1.30. The maximum atomic E-state index is 8.50. The third kappa shape index (κ3) is 3.20. The average Bonchev–Trinajstić information content (AvgIpc) is 2.21. The number of hydrogen-bond acceptors (Lipinski definition) is 2. The Morgan fingerprint density at radius 2 is 1.86 bits per heavy atom. The van der Waals surface area contributed by atoms with Gasteiger partial charge in [-0.2, -0.15) is 5.26 Å². The van der Waals surface area contributed by atoms with Crippen molar-refractivity contribution in [2.75, 3.05) is 7.11 Å². The van der Waals surface area contributed by atoms with Crippen LogP contribution >= 0.6 is 0 Å². The Bertz CT molecular complexity index is 310. The summed E-state index contributed by atoms with van der Waals surface area (Å²) in [4.78, 5) is 0. The topological polar surface area (TPSA) is 33.0 Å². The second-order valence-corrected chi connectivity index (χ2v) is 3.40. The van der Waals surface area contributed by atoms with Gasteiger partial charge in [0.15, 0.2) is 0 Å². The molecular weight excluding hydrogens is 174 g/mol. The molecule has 14 heavy (non-hydrogen) atoms. The van der Waals surface area contributed by atoms with Crippen LogP contribution in [-0.2, 0) is 17.6 Å². The van der Waals surface area contributed by atoms with E-state index in [9.17, 15) is 0 Å². The molecule has 2 nitrogen and oxygen atoms in total. The van der Waals surface area contributed by atoms with Gasteiger partial charge in [-0.3, -0.25) is 0 Å². The first kappa shape index (κ1) is 10.7. The zero-order valence-electron chi connectivity index (χ0n) is 8.66. The van der Waals surface area contributed by atoms with Crippen LogP contribution in [0.4, 0.5) is 0 Å².